The van der Waals surface area contributed by atoms with Crippen LogP contribution < -0.4 is 0 Å². The van der Waals surface area contributed by atoms with Crippen LogP contribution >= 0.6 is 0 Å². The second-order valence-corrected chi connectivity index (χ2v) is 3.31. The molecule has 0 aliphatic rings. The number of aromatic amines is 1. The second-order valence-electron chi connectivity index (χ2n) is 2.12. The van der Waals surface area contributed by atoms with Gasteiger partial charge in [0, 0.05) is 18.8 Å². The van der Waals surface area contributed by atoms with Crippen LogP contribution in [0.2, 0.25) is 0 Å². The predicted molar refractivity (Wildman–Crippen MR) is 51.0 cm³/mol. The van der Waals surface area contributed by atoms with Gasteiger partial charge < -0.3 is 4.98 Å². The number of hydrogen-bond acceptors (Lipinski definition) is 4. The lowest BCUT2D eigenvalue weighted by Crippen LogP contribution is -1.96. The van der Waals surface area contributed by atoms with E-state index in [9.17, 15) is 8.42 Å². The molecule has 0 radical (unpaired) electrons. The third-order valence-corrected chi connectivity index (χ3v) is 1.52. The van der Waals surface area contributed by atoms with Crippen LogP contribution in [0.15, 0.2) is 25.0 Å². The van der Waals surface area contributed by atoms with Gasteiger partial charge in [-0.1, -0.05) is 6.08 Å². The van der Waals surface area contributed by atoms with Gasteiger partial charge >= 0.3 is 10.4 Å². The maximum Gasteiger partial charge on any atom is 0.397 e. The Morgan fingerprint density at radius 3 is 2.64 bits per heavy atom. The molecule has 0 spiro atoms. The quantitative estimate of drug-likeness (QED) is 0.574. The molecule has 14 heavy (non-hydrogen) atoms. The first kappa shape index (κ1) is 12.8. The summed E-state index contributed by atoms with van der Waals surface area (Å²) in [5.41, 5.74) is 0. The molecule has 0 aliphatic carbocycles. The van der Waals surface area contributed by atoms with E-state index in [0.29, 0.717) is 0 Å². The molecule has 1 aromatic rings. The maximum atomic E-state index is 9.33. The van der Waals surface area contributed by atoms with Gasteiger partial charge in [-0.15, -0.1) is 6.58 Å². The molecule has 0 unspecified atom stereocenters. The van der Waals surface area contributed by atoms with E-state index in [0.717, 1.165) is 19.4 Å². The van der Waals surface area contributed by atoms with Gasteiger partial charge in [0.1, 0.15) is 5.82 Å². The largest absolute Gasteiger partial charge is 0.397 e. The second kappa shape index (κ2) is 6.30. The molecule has 1 rings (SSSR count). The van der Waals surface area contributed by atoms with Gasteiger partial charge in [-0.3, -0.25) is 8.74 Å². The summed E-state index contributed by atoms with van der Waals surface area (Å²) in [5.74, 6) is 0.972. The summed E-state index contributed by atoms with van der Waals surface area (Å²) in [5, 5.41) is 0. The minimum atomic E-state index is -4.16. The molecule has 0 bridgehead atoms. The zero-order valence-corrected chi connectivity index (χ0v) is 8.49. The predicted octanol–water partition coefficient (Wildman–Crippen LogP) is 0.574. The summed E-state index contributed by atoms with van der Waals surface area (Å²) in [6.07, 6.45) is 6.18. The Morgan fingerprint density at radius 1 is 1.79 bits per heavy atom. The van der Waals surface area contributed by atoms with Crippen LogP contribution in [0.1, 0.15) is 5.82 Å². The Labute approximate surface area is 82.6 Å². The molecule has 2 N–H and O–H groups in total. The summed E-state index contributed by atoms with van der Waals surface area (Å²) < 4.78 is 29.7. The number of hydrogen-bond donors (Lipinski definition) is 2. The topological polar surface area (TPSA) is 92.3 Å². The van der Waals surface area contributed by atoms with Crippen molar-refractivity contribution in [2.75, 3.05) is 7.11 Å². The first-order valence-corrected chi connectivity index (χ1v) is 4.98. The molecule has 6 nitrogen and oxygen atoms in total. The van der Waals surface area contributed by atoms with E-state index < -0.39 is 10.4 Å². The number of imidazole rings is 1. The average Bonchev–Trinajstić information content (AvgIpc) is 2.58. The molecule has 80 valence electrons. The van der Waals surface area contributed by atoms with E-state index in [4.69, 9.17) is 4.55 Å². The minimum Gasteiger partial charge on any atom is -0.348 e. The van der Waals surface area contributed by atoms with Crippen LogP contribution in [0.5, 0.6) is 0 Å². The fraction of sp³-hybridized carbons (Fsp3) is 0.286. The van der Waals surface area contributed by atoms with Gasteiger partial charge in [0.15, 0.2) is 0 Å². The smallest absolute Gasteiger partial charge is 0.348 e. The number of nitrogens with one attached hydrogen (secondary N) is 1. The number of rotatable bonds is 3. The Bertz CT molecular complexity index is 344. The summed E-state index contributed by atoms with van der Waals surface area (Å²) in [6.45, 7) is 3.58. The number of nitrogens with zero attached hydrogens (tertiary/aromatic N) is 1. The normalized spacial score (nSPS) is 10.1. The van der Waals surface area contributed by atoms with E-state index in [1.807, 2.05) is 6.08 Å². The summed E-state index contributed by atoms with van der Waals surface area (Å²) >= 11 is 0. The molecule has 1 heterocycles. The molecule has 0 atom stereocenters. The standard InChI is InChI=1S/C6H8N2.CH4O4S/c1-2-3-6-7-4-5-8-6;1-5-6(2,3)4/h2,4-5H,1,3H2,(H,7,8);1H3,(H,2,3,4). The highest BCUT2D eigenvalue weighted by Gasteiger charge is 1.94. The van der Waals surface area contributed by atoms with Gasteiger partial charge in [0.2, 0.25) is 0 Å². The highest BCUT2D eigenvalue weighted by molar-refractivity contribution is 7.80. The van der Waals surface area contributed by atoms with Gasteiger partial charge in [-0.2, -0.15) is 8.42 Å². The Hall–Kier alpha value is -1.18. The molecule has 7 heteroatoms. The number of allylic oxidation sites excluding steroid dienone is 1. The van der Waals surface area contributed by atoms with E-state index in [2.05, 4.69) is 20.7 Å². The van der Waals surface area contributed by atoms with Crippen molar-refractivity contribution >= 4 is 10.4 Å². The van der Waals surface area contributed by atoms with Crippen molar-refractivity contribution in [3.8, 4) is 0 Å². The van der Waals surface area contributed by atoms with Crippen LogP contribution in [0.3, 0.4) is 0 Å². The fourth-order valence-electron chi connectivity index (χ4n) is 0.546. The van der Waals surface area contributed by atoms with Crippen molar-refractivity contribution in [2.24, 2.45) is 0 Å². The number of H-pyrrole nitrogens is 1. The van der Waals surface area contributed by atoms with Crippen LogP contribution in [0.4, 0.5) is 0 Å². The lowest BCUT2D eigenvalue weighted by Gasteiger charge is -1.82. The maximum absolute atomic E-state index is 9.33. The first-order valence-electron chi connectivity index (χ1n) is 3.61. The van der Waals surface area contributed by atoms with Gasteiger partial charge in [0.25, 0.3) is 0 Å². The molecule has 0 fully saturated rings. The highest BCUT2D eigenvalue weighted by Crippen LogP contribution is 1.88. The van der Waals surface area contributed by atoms with Crippen molar-refractivity contribution in [3.63, 3.8) is 0 Å². The Kier molecular flexibility index (Phi) is 5.77. The lowest BCUT2D eigenvalue weighted by atomic mass is 10.4. The molecule has 0 amide bonds. The SMILES string of the molecule is C=CCc1ncc[nH]1.COS(=O)(=O)O. The summed E-state index contributed by atoms with van der Waals surface area (Å²) in [6, 6.07) is 0. The van der Waals surface area contributed by atoms with Crippen molar-refractivity contribution in [3.05, 3.63) is 30.9 Å². The van der Waals surface area contributed by atoms with E-state index in [1.165, 1.54) is 0 Å². The first-order chi connectivity index (χ1) is 6.49. The Morgan fingerprint density at radius 2 is 2.36 bits per heavy atom. The van der Waals surface area contributed by atoms with Crippen LogP contribution in [0.25, 0.3) is 0 Å². The molecule has 0 aromatic carbocycles. The van der Waals surface area contributed by atoms with Crippen LogP contribution in [0, 0.1) is 0 Å². The molecule has 0 saturated carbocycles. The van der Waals surface area contributed by atoms with Crippen molar-refractivity contribution in [2.45, 2.75) is 6.42 Å². The van der Waals surface area contributed by atoms with E-state index in [1.54, 1.807) is 12.4 Å². The molecular weight excluding hydrogens is 208 g/mol. The van der Waals surface area contributed by atoms with Gasteiger partial charge in [0.05, 0.1) is 7.11 Å². The zero-order valence-electron chi connectivity index (χ0n) is 7.67. The minimum absolute atomic E-state index is 0.826. The van der Waals surface area contributed by atoms with E-state index >= 15 is 0 Å². The third-order valence-electron chi connectivity index (χ3n) is 1.10. The summed E-state index contributed by atoms with van der Waals surface area (Å²) in [4.78, 5) is 6.93. The fourth-order valence-corrected chi connectivity index (χ4v) is 0.546. The zero-order chi connectivity index (χ0) is 11.0. The molecular formula is C7H12N2O4S. The highest BCUT2D eigenvalue weighted by atomic mass is 32.3. The number of aromatic nitrogens is 2. The van der Waals surface area contributed by atoms with Crippen molar-refractivity contribution in [1.82, 2.24) is 9.97 Å². The summed E-state index contributed by atoms with van der Waals surface area (Å²) in [7, 11) is -3.29. The Balaban J connectivity index is 0.000000255. The molecule has 0 saturated heterocycles. The van der Waals surface area contributed by atoms with Gasteiger partial charge in [-0.25, -0.2) is 4.98 Å². The molecule has 1 aromatic heterocycles. The van der Waals surface area contributed by atoms with Gasteiger partial charge in [-0.05, 0) is 0 Å². The monoisotopic (exact) mass is 220 g/mol. The van der Waals surface area contributed by atoms with Crippen LogP contribution in [-0.2, 0) is 21.0 Å². The lowest BCUT2D eigenvalue weighted by molar-refractivity contribution is 0.324. The van der Waals surface area contributed by atoms with E-state index in [-0.39, 0.29) is 0 Å². The average molecular weight is 220 g/mol. The van der Waals surface area contributed by atoms with Crippen molar-refractivity contribution < 1.29 is 17.2 Å². The van der Waals surface area contributed by atoms with Crippen molar-refractivity contribution in [1.29, 1.82) is 0 Å². The molecule has 0 aliphatic heterocycles. The third kappa shape index (κ3) is 7.47. The van der Waals surface area contributed by atoms with Crippen LogP contribution in [-0.4, -0.2) is 30.0 Å².